The van der Waals surface area contributed by atoms with E-state index >= 15 is 0 Å². The lowest BCUT2D eigenvalue weighted by Gasteiger charge is -2.08. The molecule has 112 valence electrons. The normalized spacial score (nSPS) is 10.2. The predicted octanol–water partition coefficient (Wildman–Crippen LogP) is 3.27. The zero-order valence-corrected chi connectivity index (χ0v) is 12.9. The molecule has 0 unspecified atom stereocenters. The molecule has 2 aromatic rings. The summed E-state index contributed by atoms with van der Waals surface area (Å²) in [7, 11) is 3.53. The molecule has 0 aliphatic carbocycles. The molecule has 5 nitrogen and oxygen atoms in total. The van der Waals surface area contributed by atoms with Crippen LogP contribution in [0, 0.1) is 0 Å². The maximum Gasteiger partial charge on any atom is 0.136 e. The van der Waals surface area contributed by atoms with Gasteiger partial charge in [0.2, 0.25) is 0 Å². The van der Waals surface area contributed by atoms with Gasteiger partial charge in [0.05, 0.1) is 18.5 Å². The van der Waals surface area contributed by atoms with Gasteiger partial charge in [-0.2, -0.15) is 0 Å². The van der Waals surface area contributed by atoms with Crippen molar-refractivity contribution in [3.8, 4) is 5.75 Å². The minimum atomic E-state index is 0.559. The summed E-state index contributed by atoms with van der Waals surface area (Å²) in [6.45, 7) is 1.15. The van der Waals surface area contributed by atoms with Crippen LogP contribution in [0.4, 0.5) is 11.5 Å². The van der Waals surface area contributed by atoms with Gasteiger partial charge in [0.25, 0.3) is 0 Å². The van der Waals surface area contributed by atoms with Gasteiger partial charge in [0, 0.05) is 19.1 Å². The Kier molecular flexibility index (Phi) is 6.18. The summed E-state index contributed by atoms with van der Waals surface area (Å²) in [6.07, 6.45) is 1.79. The Labute approximate surface area is 129 Å². The van der Waals surface area contributed by atoms with E-state index < -0.39 is 0 Å². The minimum Gasteiger partial charge on any atom is -0.491 e. The lowest BCUT2D eigenvalue weighted by atomic mass is 10.3. The van der Waals surface area contributed by atoms with E-state index in [2.05, 4.69) is 15.0 Å². The van der Waals surface area contributed by atoms with Crippen LogP contribution in [0.15, 0.2) is 47.5 Å². The Morgan fingerprint density at radius 1 is 1.10 bits per heavy atom. The molecule has 21 heavy (non-hydrogen) atoms. The standard InChI is InChI=1S/C15H19N3O2S/c1-16-12-3-8-15(17-11-12)18-21-14-6-4-13(5-7-14)20-10-9-19-2/h3-8,11,16H,9-10H2,1-2H3,(H,17,18). The average Bonchev–Trinajstić information content (AvgIpc) is 2.55. The van der Waals surface area contributed by atoms with Crippen molar-refractivity contribution in [2.75, 3.05) is 37.4 Å². The molecule has 0 saturated carbocycles. The molecule has 1 aromatic heterocycles. The third kappa shape index (κ3) is 5.17. The Morgan fingerprint density at radius 2 is 1.90 bits per heavy atom. The first kappa shape index (κ1) is 15.5. The highest BCUT2D eigenvalue weighted by molar-refractivity contribution is 8.00. The summed E-state index contributed by atoms with van der Waals surface area (Å²) in [5, 5.41) is 3.04. The summed E-state index contributed by atoms with van der Waals surface area (Å²) >= 11 is 1.51. The Morgan fingerprint density at radius 3 is 2.52 bits per heavy atom. The first-order valence-electron chi connectivity index (χ1n) is 6.60. The van der Waals surface area contributed by atoms with Gasteiger partial charge in [-0.25, -0.2) is 4.98 Å². The highest BCUT2D eigenvalue weighted by atomic mass is 32.2. The largest absolute Gasteiger partial charge is 0.491 e. The summed E-state index contributed by atoms with van der Waals surface area (Å²) < 4.78 is 13.7. The van der Waals surface area contributed by atoms with Crippen LogP contribution in [0.1, 0.15) is 0 Å². The smallest absolute Gasteiger partial charge is 0.136 e. The van der Waals surface area contributed by atoms with Crippen LogP contribution in [-0.2, 0) is 4.74 Å². The fourth-order valence-electron chi connectivity index (χ4n) is 1.56. The molecule has 0 fully saturated rings. The number of benzene rings is 1. The molecule has 0 radical (unpaired) electrons. The van der Waals surface area contributed by atoms with Crippen LogP contribution in [0.3, 0.4) is 0 Å². The molecule has 0 atom stereocenters. The fourth-order valence-corrected chi connectivity index (χ4v) is 2.18. The van der Waals surface area contributed by atoms with Crippen molar-refractivity contribution < 1.29 is 9.47 Å². The van der Waals surface area contributed by atoms with Gasteiger partial charge in [-0.3, -0.25) is 0 Å². The molecule has 0 spiro atoms. The molecule has 0 aliphatic rings. The number of pyridine rings is 1. The zero-order valence-electron chi connectivity index (χ0n) is 12.1. The molecule has 0 aliphatic heterocycles. The van der Waals surface area contributed by atoms with E-state index in [4.69, 9.17) is 9.47 Å². The van der Waals surface area contributed by atoms with Gasteiger partial charge < -0.3 is 19.5 Å². The number of methoxy groups -OCH3 is 1. The first-order chi connectivity index (χ1) is 10.3. The zero-order chi connectivity index (χ0) is 14.9. The van der Waals surface area contributed by atoms with Crippen molar-refractivity contribution in [3.63, 3.8) is 0 Å². The van der Waals surface area contributed by atoms with Gasteiger partial charge >= 0.3 is 0 Å². The molecule has 1 aromatic carbocycles. The SMILES string of the molecule is CNc1ccc(NSc2ccc(OCCOC)cc2)nc1. The first-order valence-corrected chi connectivity index (χ1v) is 7.42. The summed E-state index contributed by atoms with van der Waals surface area (Å²) in [6, 6.07) is 11.8. The number of aromatic nitrogens is 1. The van der Waals surface area contributed by atoms with Gasteiger partial charge in [-0.15, -0.1) is 0 Å². The quantitative estimate of drug-likeness (QED) is 0.577. The number of anilines is 2. The summed E-state index contributed by atoms with van der Waals surface area (Å²) in [5.74, 6) is 1.66. The second kappa shape index (κ2) is 8.39. The fraction of sp³-hybridized carbons (Fsp3) is 0.267. The maximum atomic E-state index is 5.52. The molecular formula is C15H19N3O2S. The van der Waals surface area contributed by atoms with Gasteiger partial charge in [-0.1, -0.05) is 0 Å². The minimum absolute atomic E-state index is 0.559. The number of ether oxygens (including phenoxy) is 2. The Hall–Kier alpha value is -1.92. The van der Waals surface area contributed by atoms with E-state index in [1.165, 1.54) is 11.9 Å². The van der Waals surface area contributed by atoms with Crippen LogP contribution >= 0.6 is 11.9 Å². The number of hydrogen-bond acceptors (Lipinski definition) is 6. The number of rotatable bonds is 8. The van der Waals surface area contributed by atoms with E-state index in [0.29, 0.717) is 13.2 Å². The van der Waals surface area contributed by atoms with E-state index in [-0.39, 0.29) is 0 Å². The second-order valence-electron chi connectivity index (χ2n) is 4.20. The maximum absolute atomic E-state index is 5.52. The van der Waals surface area contributed by atoms with Crippen molar-refractivity contribution >= 4 is 23.5 Å². The van der Waals surface area contributed by atoms with Gasteiger partial charge in [0.1, 0.15) is 18.2 Å². The molecular weight excluding hydrogens is 286 g/mol. The second-order valence-corrected chi connectivity index (χ2v) is 5.08. The Balaban J connectivity index is 1.82. The number of hydrogen-bond donors (Lipinski definition) is 2. The van der Waals surface area contributed by atoms with E-state index in [1.807, 2.05) is 43.4 Å². The molecule has 0 bridgehead atoms. The van der Waals surface area contributed by atoms with Crippen LogP contribution < -0.4 is 14.8 Å². The predicted molar refractivity (Wildman–Crippen MR) is 87.1 cm³/mol. The van der Waals surface area contributed by atoms with Crippen molar-refractivity contribution in [1.29, 1.82) is 0 Å². The van der Waals surface area contributed by atoms with Crippen LogP contribution in [0.25, 0.3) is 0 Å². The molecule has 2 rings (SSSR count). The topological polar surface area (TPSA) is 55.4 Å². The van der Waals surface area contributed by atoms with Crippen LogP contribution in [-0.4, -0.2) is 32.4 Å². The molecule has 6 heteroatoms. The molecule has 2 N–H and O–H groups in total. The summed E-state index contributed by atoms with van der Waals surface area (Å²) in [4.78, 5) is 5.39. The third-order valence-electron chi connectivity index (χ3n) is 2.71. The van der Waals surface area contributed by atoms with Crippen molar-refractivity contribution in [3.05, 3.63) is 42.6 Å². The van der Waals surface area contributed by atoms with Gasteiger partial charge in [0.15, 0.2) is 0 Å². The van der Waals surface area contributed by atoms with E-state index in [0.717, 1.165) is 22.2 Å². The van der Waals surface area contributed by atoms with E-state index in [1.54, 1.807) is 13.3 Å². The Bertz CT molecular complexity index is 532. The van der Waals surface area contributed by atoms with Crippen LogP contribution in [0.5, 0.6) is 5.75 Å². The lowest BCUT2D eigenvalue weighted by molar-refractivity contribution is 0.146. The third-order valence-corrected chi connectivity index (χ3v) is 3.52. The van der Waals surface area contributed by atoms with Crippen molar-refractivity contribution in [2.24, 2.45) is 0 Å². The number of nitrogens with zero attached hydrogens (tertiary/aromatic N) is 1. The molecule has 1 heterocycles. The molecule has 0 amide bonds. The van der Waals surface area contributed by atoms with Crippen molar-refractivity contribution in [1.82, 2.24) is 4.98 Å². The summed E-state index contributed by atoms with van der Waals surface area (Å²) in [5.41, 5.74) is 0.989. The average molecular weight is 305 g/mol. The highest BCUT2D eigenvalue weighted by Crippen LogP contribution is 2.23. The van der Waals surface area contributed by atoms with Crippen LogP contribution in [0.2, 0.25) is 0 Å². The lowest BCUT2D eigenvalue weighted by Crippen LogP contribution is -2.03. The van der Waals surface area contributed by atoms with Gasteiger partial charge in [-0.05, 0) is 48.3 Å². The molecule has 0 saturated heterocycles. The van der Waals surface area contributed by atoms with Crippen molar-refractivity contribution in [2.45, 2.75) is 4.90 Å². The highest BCUT2D eigenvalue weighted by Gasteiger charge is 1.98. The monoisotopic (exact) mass is 305 g/mol. The number of nitrogens with one attached hydrogen (secondary N) is 2. The van der Waals surface area contributed by atoms with E-state index in [9.17, 15) is 0 Å².